The number of hydrogen-bond acceptors (Lipinski definition) is 2. The number of hydrogen-bond donors (Lipinski definition) is 2. The Hall–Kier alpha value is -1.03. The van der Waals surface area contributed by atoms with Gasteiger partial charge in [0.25, 0.3) is 5.91 Å². The Bertz CT molecular complexity index is 458. The van der Waals surface area contributed by atoms with Crippen molar-refractivity contribution < 1.29 is 9.90 Å². The van der Waals surface area contributed by atoms with Crippen molar-refractivity contribution in [2.45, 2.75) is 46.5 Å². The van der Waals surface area contributed by atoms with E-state index in [4.69, 9.17) is 0 Å². The van der Waals surface area contributed by atoms with Crippen LogP contribution in [0, 0.1) is 5.41 Å². The first-order chi connectivity index (χ1) is 9.35. The minimum Gasteiger partial charge on any atom is -0.507 e. The van der Waals surface area contributed by atoms with Gasteiger partial charge < -0.3 is 10.4 Å². The maximum absolute atomic E-state index is 12.1. The number of phenols is 1. The molecule has 0 saturated heterocycles. The number of benzene rings is 1. The van der Waals surface area contributed by atoms with Gasteiger partial charge in [0.2, 0.25) is 0 Å². The van der Waals surface area contributed by atoms with Gasteiger partial charge in [0.05, 0.1) is 5.56 Å². The number of phenolic OH excluding ortho intramolecular Hbond substituents is 1. The Labute approximate surface area is 129 Å². The number of unbranched alkanes of at least 4 members (excludes halogenated alkanes) is 2. The first-order valence-corrected chi connectivity index (χ1v) is 7.92. The van der Waals surface area contributed by atoms with Gasteiger partial charge >= 0.3 is 0 Å². The van der Waals surface area contributed by atoms with E-state index in [1.807, 2.05) is 0 Å². The summed E-state index contributed by atoms with van der Waals surface area (Å²) in [6, 6.07) is 4.90. The molecule has 2 N–H and O–H groups in total. The van der Waals surface area contributed by atoms with Crippen molar-refractivity contribution in [3.05, 3.63) is 28.2 Å². The second-order valence-electron chi connectivity index (χ2n) is 5.97. The highest BCUT2D eigenvalue weighted by molar-refractivity contribution is 9.10. The molecule has 0 aliphatic rings. The minimum absolute atomic E-state index is 0.000615. The van der Waals surface area contributed by atoms with Crippen LogP contribution in [0.3, 0.4) is 0 Å². The van der Waals surface area contributed by atoms with E-state index < -0.39 is 0 Å². The third-order valence-corrected chi connectivity index (χ3v) is 3.88. The fourth-order valence-electron chi connectivity index (χ4n) is 2.05. The Balaban J connectivity index is 2.54. The summed E-state index contributed by atoms with van der Waals surface area (Å²) >= 11 is 3.26. The van der Waals surface area contributed by atoms with Gasteiger partial charge in [-0.25, -0.2) is 0 Å². The van der Waals surface area contributed by atoms with E-state index in [0.29, 0.717) is 12.1 Å². The van der Waals surface area contributed by atoms with Crippen LogP contribution < -0.4 is 5.32 Å². The number of carbonyl (C=O) groups excluding carboxylic acids is 1. The summed E-state index contributed by atoms with van der Waals surface area (Å²) in [4.78, 5) is 12.1. The van der Waals surface area contributed by atoms with Crippen molar-refractivity contribution in [1.29, 1.82) is 0 Å². The smallest absolute Gasteiger partial charge is 0.255 e. The molecule has 1 rings (SSSR count). The number of amides is 1. The average molecular weight is 342 g/mol. The van der Waals surface area contributed by atoms with E-state index in [1.54, 1.807) is 12.1 Å². The molecule has 0 atom stereocenters. The molecule has 0 fully saturated rings. The molecular weight excluding hydrogens is 318 g/mol. The largest absolute Gasteiger partial charge is 0.507 e. The molecule has 1 aromatic carbocycles. The number of nitrogens with one attached hydrogen (secondary N) is 1. The highest BCUT2D eigenvalue weighted by Crippen LogP contribution is 2.24. The molecule has 0 saturated carbocycles. The van der Waals surface area contributed by atoms with E-state index in [-0.39, 0.29) is 17.1 Å². The van der Waals surface area contributed by atoms with E-state index in [9.17, 15) is 9.90 Å². The van der Waals surface area contributed by atoms with Crippen LogP contribution in [0.2, 0.25) is 0 Å². The van der Waals surface area contributed by atoms with E-state index in [0.717, 1.165) is 10.9 Å². The molecule has 3 nitrogen and oxygen atoms in total. The van der Waals surface area contributed by atoms with E-state index >= 15 is 0 Å². The summed E-state index contributed by atoms with van der Waals surface area (Å²) in [5, 5.41) is 12.7. The number of carbonyl (C=O) groups is 1. The monoisotopic (exact) mass is 341 g/mol. The molecule has 0 spiro atoms. The predicted molar refractivity (Wildman–Crippen MR) is 86.1 cm³/mol. The first-order valence-electron chi connectivity index (χ1n) is 7.12. The molecule has 4 heteroatoms. The average Bonchev–Trinajstić information content (AvgIpc) is 2.36. The Morgan fingerprint density at radius 2 is 2.05 bits per heavy atom. The molecular formula is C16H24BrNO2. The molecule has 0 heterocycles. The van der Waals surface area contributed by atoms with Crippen LogP contribution in [0.25, 0.3) is 0 Å². The van der Waals surface area contributed by atoms with Gasteiger partial charge in [-0.1, -0.05) is 56.0 Å². The lowest BCUT2D eigenvalue weighted by Gasteiger charge is -2.25. The normalized spacial score (nSPS) is 11.4. The Kier molecular flexibility index (Phi) is 6.53. The summed E-state index contributed by atoms with van der Waals surface area (Å²) < 4.78 is 0.756. The summed E-state index contributed by atoms with van der Waals surface area (Å²) in [7, 11) is 0. The second-order valence-corrected chi connectivity index (χ2v) is 6.88. The number of halogens is 1. The Morgan fingerprint density at radius 3 is 2.65 bits per heavy atom. The number of rotatable bonds is 7. The van der Waals surface area contributed by atoms with Crippen molar-refractivity contribution in [1.82, 2.24) is 5.32 Å². The van der Waals surface area contributed by atoms with Gasteiger partial charge in [-0.3, -0.25) is 4.79 Å². The summed E-state index contributed by atoms with van der Waals surface area (Å²) in [5.41, 5.74) is 0.396. The maximum atomic E-state index is 12.1. The number of aromatic hydroxyl groups is 1. The molecule has 0 aliphatic heterocycles. The van der Waals surface area contributed by atoms with E-state index in [1.165, 1.54) is 25.3 Å². The quantitative estimate of drug-likeness (QED) is 0.717. The van der Waals surface area contributed by atoms with Crippen LogP contribution in [-0.4, -0.2) is 17.6 Å². The van der Waals surface area contributed by atoms with Gasteiger partial charge in [0.1, 0.15) is 5.75 Å². The molecule has 0 radical (unpaired) electrons. The molecule has 0 aliphatic carbocycles. The van der Waals surface area contributed by atoms with Crippen LogP contribution in [0.15, 0.2) is 22.7 Å². The lowest BCUT2D eigenvalue weighted by Crippen LogP contribution is -2.34. The maximum Gasteiger partial charge on any atom is 0.255 e. The SMILES string of the molecule is CCCCCC(C)(C)CNC(=O)c1ccc(Br)cc1O. The molecule has 1 amide bonds. The second kappa shape index (κ2) is 7.67. The lowest BCUT2D eigenvalue weighted by molar-refractivity contribution is 0.0931. The third-order valence-electron chi connectivity index (χ3n) is 3.39. The predicted octanol–water partition coefficient (Wildman–Crippen LogP) is 4.49. The minimum atomic E-state index is -0.224. The third kappa shape index (κ3) is 5.53. The lowest BCUT2D eigenvalue weighted by atomic mass is 9.87. The van der Waals surface area contributed by atoms with Crippen LogP contribution in [0.1, 0.15) is 56.8 Å². The summed E-state index contributed by atoms with van der Waals surface area (Å²) in [6.45, 7) is 7.12. The van der Waals surface area contributed by atoms with Crippen molar-refractivity contribution in [2.24, 2.45) is 5.41 Å². The zero-order valence-electron chi connectivity index (χ0n) is 12.5. The molecule has 0 bridgehead atoms. The molecule has 1 aromatic rings. The first kappa shape index (κ1) is 17.0. The molecule has 0 aromatic heterocycles. The highest BCUT2D eigenvalue weighted by Gasteiger charge is 2.19. The van der Waals surface area contributed by atoms with Crippen molar-refractivity contribution >= 4 is 21.8 Å². The topological polar surface area (TPSA) is 49.3 Å². The molecule has 112 valence electrons. The van der Waals surface area contributed by atoms with Crippen molar-refractivity contribution in [3.8, 4) is 5.75 Å². The van der Waals surface area contributed by atoms with Crippen LogP contribution in [-0.2, 0) is 0 Å². The van der Waals surface area contributed by atoms with Crippen LogP contribution in [0.4, 0.5) is 0 Å². The van der Waals surface area contributed by atoms with Gasteiger partial charge in [-0.15, -0.1) is 0 Å². The van der Waals surface area contributed by atoms with Gasteiger partial charge in [0.15, 0.2) is 0 Å². The van der Waals surface area contributed by atoms with Crippen molar-refractivity contribution in [2.75, 3.05) is 6.54 Å². The summed E-state index contributed by atoms with van der Waals surface area (Å²) in [5.74, 6) is -0.223. The van der Waals surface area contributed by atoms with Crippen LogP contribution >= 0.6 is 15.9 Å². The zero-order valence-corrected chi connectivity index (χ0v) is 14.1. The zero-order chi connectivity index (χ0) is 15.2. The van der Waals surface area contributed by atoms with Gasteiger partial charge in [-0.05, 0) is 30.0 Å². The summed E-state index contributed by atoms with van der Waals surface area (Å²) in [6.07, 6.45) is 4.70. The Morgan fingerprint density at radius 1 is 1.35 bits per heavy atom. The fourth-order valence-corrected chi connectivity index (χ4v) is 2.40. The van der Waals surface area contributed by atoms with Gasteiger partial charge in [-0.2, -0.15) is 0 Å². The molecule has 20 heavy (non-hydrogen) atoms. The standard InChI is InChI=1S/C16H24BrNO2/c1-4-5-6-9-16(2,3)11-18-15(20)13-8-7-12(17)10-14(13)19/h7-8,10,19H,4-6,9,11H2,1-3H3,(H,18,20). The van der Waals surface area contributed by atoms with Crippen molar-refractivity contribution in [3.63, 3.8) is 0 Å². The van der Waals surface area contributed by atoms with Crippen LogP contribution in [0.5, 0.6) is 5.75 Å². The highest BCUT2D eigenvalue weighted by atomic mass is 79.9. The molecule has 0 unspecified atom stereocenters. The van der Waals surface area contributed by atoms with Gasteiger partial charge in [0, 0.05) is 11.0 Å². The fraction of sp³-hybridized carbons (Fsp3) is 0.562. The van der Waals surface area contributed by atoms with E-state index in [2.05, 4.69) is 42.0 Å².